The SMILES string of the molecule is Cc1cc(C(=O)NCC2OC(n3cnc4c(N)ncnc43)C(O)C2O)cc(C(F)(F)F)c1. The number of carbonyl (C=O) groups excluding carboxylic acids is 1. The highest BCUT2D eigenvalue weighted by Gasteiger charge is 2.44. The van der Waals surface area contributed by atoms with Gasteiger partial charge in [0.15, 0.2) is 17.7 Å². The van der Waals surface area contributed by atoms with Crippen molar-refractivity contribution in [3.63, 3.8) is 0 Å². The number of nitrogens with zero attached hydrogens (tertiary/aromatic N) is 4. The highest BCUT2D eigenvalue weighted by atomic mass is 19.4. The molecule has 10 nitrogen and oxygen atoms in total. The first-order valence-corrected chi connectivity index (χ1v) is 9.48. The van der Waals surface area contributed by atoms with Crippen LogP contribution in [-0.4, -0.2) is 60.5 Å². The van der Waals surface area contributed by atoms with Crippen LogP contribution in [-0.2, 0) is 10.9 Å². The number of amides is 1. The third-order valence-electron chi connectivity index (χ3n) is 5.13. The maximum atomic E-state index is 13.0. The lowest BCUT2D eigenvalue weighted by Crippen LogP contribution is -2.39. The number of alkyl halides is 3. The van der Waals surface area contributed by atoms with Gasteiger partial charge in [0.2, 0.25) is 0 Å². The molecule has 4 rings (SSSR count). The van der Waals surface area contributed by atoms with Crippen LogP contribution in [0.2, 0.25) is 0 Å². The summed E-state index contributed by atoms with van der Waals surface area (Å²) in [6.07, 6.45) is -6.96. The number of ether oxygens (including phenoxy) is 1. The van der Waals surface area contributed by atoms with E-state index >= 15 is 0 Å². The van der Waals surface area contributed by atoms with E-state index in [1.165, 1.54) is 30.2 Å². The zero-order valence-electron chi connectivity index (χ0n) is 16.6. The first-order chi connectivity index (χ1) is 15.1. The van der Waals surface area contributed by atoms with Gasteiger partial charge >= 0.3 is 6.18 Å². The van der Waals surface area contributed by atoms with Crippen LogP contribution in [0, 0.1) is 6.92 Å². The molecule has 1 amide bonds. The molecule has 1 aliphatic heterocycles. The summed E-state index contributed by atoms with van der Waals surface area (Å²) in [5.74, 6) is -0.650. The minimum Gasteiger partial charge on any atom is -0.387 e. The van der Waals surface area contributed by atoms with E-state index in [1.807, 2.05) is 0 Å². The number of aryl methyl sites for hydroxylation is 1. The lowest BCUT2D eigenvalue weighted by molar-refractivity contribution is -0.137. The van der Waals surface area contributed by atoms with E-state index in [0.717, 1.165) is 12.1 Å². The number of aromatic nitrogens is 4. The largest absolute Gasteiger partial charge is 0.416 e. The number of nitrogens with one attached hydrogen (secondary N) is 1. The van der Waals surface area contributed by atoms with E-state index in [2.05, 4.69) is 20.3 Å². The average Bonchev–Trinajstić information content (AvgIpc) is 3.28. The van der Waals surface area contributed by atoms with E-state index in [4.69, 9.17) is 10.5 Å². The van der Waals surface area contributed by atoms with Crippen LogP contribution in [0.25, 0.3) is 11.2 Å². The smallest absolute Gasteiger partial charge is 0.387 e. The van der Waals surface area contributed by atoms with E-state index < -0.39 is 42.2 Å². The van der Waals surface area contributed by atoms with Crippen molar-refractivity contribution < 1.29 is 32.9 Å². The predicted octanol–water partition coefficient (Wildman–Crippen LogP) is 0.785. The normalized spacial score (nSPS) is 23.6. The molecule has 1 aromatic carbocycles. The third kappa shape index (κ3) is 3.97. The molecule has 0 radical (unpaired) electrons. The fraction of sp³-hybridized carbons (Fsp3) is 0.368. The summed E-state index contributed by atoms with van der Waals surface area (Å²) < 4.78 is 46.1. The van der Waals surface area contributed by atoms with Gasteiger partial charge in [0.25, 0.3) is 5.91 Å². The highest BCUT2D eigenvalue weighted by Crippen LogP contribution is 2.32. The van der Waals surface area contributed by atoms with Crippen LogP contribution in [0.5, 0.6) is 0 Å². The maximum absolute atomic E-state index is 13.0. The Morgan fingerprint density at radius 2 is 1.97 bits per heavy atom. The number of hydrogen-bond donors (Lipinski definition) is 4. The Morgan fingerprint density at radius 3 is 2.69 bits per heavy atom. The number of nitrogens with two attached hydrogens (primary N) is 1. The molecule has 13 heteroatoms. The summed E-state index contributed by atoms with van der Waals surface area (Å²) in [4.78, 5) is 24.4. The molecule has 4 atom stereocenters. The highest BCUT2D eigenvalue weighted by molar-refractivity contribution is 5.94. The molecule has 170 valence electrons. The number of rotatable bonds is 4. The van der Waals surface area contributed by atoms with Gasteiger partial charge < -0.3 is 26.0 Å². The maximum Gasteiger partial charge on any atom is 0.416 e. The van der Waals surface area contributed by atoms with E-state index in [1.54, 1.807) is 0 Å². The summed E-state index contributed by atoms with van der Waals surface area (Å²) in [5.41, 5.74) is 5.45. The lowest BCUT2D eigenvalue weighted by atomic mass is 10.1. The van der Waals surface area contributed by atoms with Gasteiger partial charge in [-0.2, -0.15) is 13.2 Å². The lowest BCUT2D eigenvalue weighted by Gasteiger charge is -2.17. The van der Waals surface area contributed by atoms with Gasteiger partial charge in [0.1, 0.15) is 30.2 Å². The fourth-order valence-corrected chi connectivity index (χ4v) is 3.56. The molecule has 3 heterocycles. The molecule has 3 aromatic rings. The van der Waals surface area contributed by atoms with Gasteiger partial charge in [-0.25, -0.2) is 15.0 Å². The number of benzene rings is 1. The second kappa shape index (κ2) is 8.00. The van der Waals surface area contributed by atoms with Crippen LogP contribution in [0.4, 0.5) is 19.0 Å². The van der Waals surface area contributed by atoms with Crippen molar-refractivity contribution in [2.24, 2.45) is 0 Å². The van der Waals surface area contributed by atoms with Crippen LogP contribution in [0.3, 0.4) is 0 Å². The van der Waals surface area contributed by atoms with Crippen LogP contribution >= 0.6 is 0 Å². The summed E-state index contributed by atoms with van der Waals surface area (Å²) >= 11 is 0. The standard InChI is InChI=1S/C19H19F3N6O4/c1-8-2-9(4-10(3-8)19(20,21)22)17(31)24-5-11-13(29)14(30)18(32-11)28-7-27-12-15(23)25-6-26-16(12)28/h2-4,6-7,11,13-14,18,29-30H,5H2,1H3,(H,24,31)(H2,23,25,26). The summed E-state index contributed by atoms with van der Waals surface area (Å²) in [7, 11) is 0. The number of anilines is 1. The summed E-state index contributed by atoms with van der Waals surface area (Å²) in [5, 5.41) is 23.2. The van der Waals surface area contributed by atoms with Gasteiger partial charge in [-0.1, -0.05) is 0 Å². The molecular formula is C19H19F3N6O4. The van der Waals surface area contributed by atoms with Crippen molar-refractivity contribution in [3.05, 3.63) is 47.5 Å². The Hall–Kier alpha value is -3.29. The number of hydrogen-bond acceptors (Lipinski definition) is 8. The topological polar surface area (TPSA) is 148 Å². The molecule has 2 aromatic heterocycles. The number of carbonyl (C=O) groups is 1. The second-order valence-electron chi connectivity index (χ2n) is 7.42. The molecule has 1 fully saturated rings. The van der Waals surface area contributed by atoms with Crippen molar-refractivity contribution in [1.82, 2.24) is 24.8 Å². The number of imidazole rings is 1. The van der Waals surface area contributed by atoms with Crippen LogP contribution in [0.1, 0.15) is 27.7 Å². The number of aliphatic hydroxyl groups is 2. The van der Waals surface area contributed by atoms with Gasteiger partial charge in [0, 0.05) is 12.1 Å². The molecule has 0 saturated carbocycles. The molecule has 1 aliphatic rings. The Kier molecular flexibility index (Phi) is 5.48. The molecule has 0 spiro atoms. The van der Waals surface area contributed by atoms with Gasteiger partial charge in [-0.05, 0) is 30.7 Å². The number of fused-ring (bicyclic) bond motifs is 1. The van der Waals surface area contributed by atoms with E-state index in [0.29, 0.717) is 0 Å². The minimum atomic E-state index is -4.59. The quantitative estimate of drug-likeness (QED) is 0.454. The number of aliphatic hydroxyl groups excluding tert-OH is 2. The van der Waals surface area contributed by atoms with Crippen LogP contribution in [0.15, 0.2) is 30.9 Å². The summed E-state index contributed by atoms with van der Waals surface area (Å²) in [6, 6.07) is 3.00. The van der Waals surface area contributed by atoms with Gasteiger partial charge in [-0.15, -0.1) is 0 Å². The molecule has 1 saturated heterocycles. The Labute approximate surface area is 178 Å². The van der Waals surface area contributed by atoms with Gasteiger partial charge in [-0.3, -0.25) is 9.36 Å². The third-order valence-corrected chi connectivity index (χ3v) is 5.13. The number of nitrogen functional groups attached to an aromatic ring is 1. The van der Waals surface area contributed by atoms with Crippen molar-refractivity contribution in [2.45, 2.75) is 37.6 Å². The van der Waals surface area contributed by atoms with Crippen molar-refractivity contribution in [2.75, 3.05) is 12.3 Å². The summed E-state index contributed by atoms with van der Waals surface area (Å²) in [6.45, 7) is 1.19. The van der Waals surface area contributed by atoms with E-state index in [-0.39, 0.29) is 34.7 Å². The van der Waals surface area contributed by atoms with Crippen molar-refractivity contribution in [1.29, 1.82) is 0 Å². The van der Waals surface area contributed by atoms with E-state index in [9.17, 15) is 28.2 Å². The molecule has 0 bridgehead atoms. The monoisotopic (exact) mass is 452 g/mol. The zero-order valence-corrected chi connectivity index (χ0v) is 16.6. The molecule has 5 N–H and O–H groups in total. The average molecular weight is 452 g/mol. The predicted molar refractivity (Wildman–Crippen MR) is 104 cm³/mol. The Balaban J connectivity index is 1.48. The molecular weight excluding hydrogens is 433 g/mol. The Morgan fingerprint density at radius 1 is 1.22 bits per heavy atom. The zero-order chi connectivity index (χ0) is 23.2. The van der Waals surface area contributed by atoms with Crippen molar-refractivity contribution in [3.8, 4) is 0 Å². The first-order valence-electron chi connectivity index (χ1n) is 9.48. The Bertz CT molecular complexity index is 1170. The van der Waals surface area contributed by atoms with Gasteiger partial charge in [0.05, 0.1) is 11.9 Å². The van der Waals surface area contributed by atoms with Crippen molar-refractivity contribution >= 4 is 22.9 Å². The minimum absolute atomic E-state index is 0.127. The second-order valence-corrected chi connectivity index (χ2v) is 7.42. The molecule has 32 heavy (non-hydrogen) atoms. The number of halogens is 3. The first kappa shape index (κ1) is 21.9. The molecule has 4 unspecified atom stereocenters. The van der Waals surface area contributed by atoms with Crippen LogP contribution < -0.4 is 11.1 Å². The fourth-order valence-electron chi connectivity index (χ4n) is 3.56. The molecule has 0 aliphatic carbocycles.